The van der Waals surface area contributed by atoms with Crippen LogP contribution in [-0.4, -0.2) is 36.7 Å². The highest BCUT2D eigenvalue weighted by Crippen LogP contribution is 2.17. The highest BCUT2D eigenvalue weighted by Gasteiger charge is 2.17. The van der Waals surface area contributed by atoms with Gasteiger partial charge in [-0.05, 0) is 38.5 Å². The molecule has 1 aromatic rings. The monoisotopic (exact) mass is 248 g/mol. The number of piperazine rings is 1. The Morgan fingerprint density at radius 1 is 1.44 bits per heavy atom. The molecule has 18 heavy (non-hydrogen) atoms. The SMILES string of the molecule is CC(C)Oc1cccc(CN2CCNC[C@H]2C)c1. The number of ether oxygens (including phenoxy) is 1. The smallest absolute Gasteiger partial charge is 0.120 e. The minimum atomic E-state index is 0.235. The maximum Gasteiger partial charge on any atom is 0.120 e. The van der Waals surface area contributed by atoms with E-state index in [1.807, 2.05) is 6.07 Å². The molecule has 0 bridgehead atoms. The molecule has 1 aromatic carbocycles. The van der Waals surface area contributed by atoms with E-state index < -0.39 is 0 Å². The van der Waals surface area contributed by atoms with E-state index in [0.29, 0.717) is 6.04 Å². The van der Waals surface area contributed by atoms with Gasteiger partial charge in [0.2, 0.25) is 0 Å². The van der Waals surface area contributed by atoms with Gasteiger partial charge in [0, 0.05) is 32.2 Å². The first-order valence-electron chi connectivity index (χ1n) is 6.85. The van der Waals surface area contributed by atoms with Crippen LogP contribution in [0, 0.1) is 0 Å². The first kappa shape index (κ1) is 13.4. The van der Waals surface area contributed by atoms with Crippen molar-refractivity contribution in [2.75, 3.05) is 19.6 Å². The molecule has 1 fully saturated rings. The van der Waals surface area contributed by atoms with Crippen molar-refractivity contribution >= 4 is 0 Å². The summed E-state index contributed by atoms with van der Waals surface area (Å²) in [6.45, 7) is 10.7. The van der Waals surface area contributed by atoms with Gasteiger partial charge in [0.1, 0.15) is 5.75 Å². The zero-order chi connectivity index (χ0) is 13.0. The van der Waals surface area contributed by atoms with E-state index in [2.05, 4.69) is 49.2 Å². The third kappa shape index (κ3) is 3.72. The van der Waals surface area contributed by atoms with E-state index in [4.69, 9.17) is 4.74 Å². The Hall–Kier alpha value is -1.06. The van der Waals surface area contributed by atoms with Gasteiger partial charge in [0.15, 0.2) is 0 Å². The summed E-state index contributed by atoms with van der Waals surface area (Å²) in [7, 11) is 0. The standard InChI is InChI=1S/C15H24N2O/c1-12(2)18-15-6-4-5-14(9-15)11-17-8-7-16-10-13(17)3/h4-6,9,12-13,16H,7-8,10-11H2,1-3H3/t13-/m1/s1. The molecule has 1 atom stereocenters. The molecule has 1 aliphatic heterocycles. The molecule has 0 saturated carbocycles. The largest absolute Gasteiger partial charge is 0.491 e. The maximum absolute atomic E-state index is 5.74. The van der Waals surface area contributed by atoms with E-state index in [1.165, 1.54) is 5.56 Å². The van der Waals surface area contributed by atoms with Gasteiger partial charge in [-0.15, -0.1) is 0 Å². The molecule has 1 heterocycles. The average Bonchev–Trinajstić information content (AvgIpc) is 2.32. The molecule has 2 rings (SSSR count). The summed E-state index contributed by atoms with van der Waals surface area (Å²) in [6.07, 6.45) is 0.235. The van der Waals surface area contributed by atoms with Gasteiger partial charge in [-0.2, -0.15) is 0 Å². The number of hydrogen-bond acceptors (Lipinski definition) is 3. The van der Waals surface area contributed by atoms with Crippen molar-refractivity contribution in [1.82, 2.24) is 10.2 Å². The first-order chi connectivity index (χ1) is 8.65. The summed E-state index contributed by atoms with van der Waals surface area (Å²) in [5.74, 6) is 0.977. The van der Waals surface area contributed by atoms with E-state index in [1.54, 1.807) is 0 Å². The zero-order valence-electron chi connectivity index (χ0n) is 11.6. The Morgan fingerprint density at radius 2 is 2.28 bits per heavy atom. The summed E-state index contributed by atoms with van der Waals surface area (Å²) >= 11 is 0. The molecule has 0 unspecified atom stereocenters. The number of benzene rings is 1. The Bertz CT molecular complexity index is 379. The third-order valence-corrected chi connectivity index (χ3v) is 3.29. The van der Waals surface area contributed by atoms with E-state index >= 15 is 0 Å². The molecule has 0 radical (unpaired) electrons. The lowest BCUT2D eigenvalue weighted by Gasteiger charge is -2.33. The highest BCUT2D eigenvalue weighted by molar-refractivity contribution is 5.28. The molecular formula is C15H24N2O. The number of rotatable bonds is 4. The van der Waals surface area contributed by atoms with Crippen LogP contribution in [-0.2, 0) is 6.54 Å². The van der Waals surface area contributed by atoms with Crippen molar-refractivity contribution < 1.29 is 4.74 Å². The van der Waals surface area contributed by atoms with Crippen LogP contribution in [0.15, 0.2) is 24.3 Å². The lowest BCUT2D eigenvalue weighted by molar-refractivity contribution is 0.165. The van der Waals surface area contributed by atoms with Crippen molar-refractivity contribution in [1.29, 1.82) is 0 Å². The fourth-order valence-corrected chi connectivity index (χ4v) is 2.34. The summed E-state index contributed by atoms with van der Waals surface area (Å²) in [4.78, 5) is 2.52. The zero-order valence-corrected chi connectivity index (χ0v) is 11.6. The van der Waals surface area contributed by atoms with Crippen LogP contribution in [0.3, 0.4) is 0 Å². The number of hydrogen-bond donors (Lipinski definition) is 1. The number of nitrogens with zero attached hydrogens (tertiary/aromatic N) is 1. The Labute approximate surface area is 110 Å². The normalized spacial score (nSPS) is 21.2. The average molecular weight is 248 g/mol. The third-order valence-electron chi connectivity index (χ3n) is 3.29. The predicted octanol–water partition coefficient (Wildman–Crippen LogP) is 2.27. The summed E-state index contributed by atoms with van der Waals surface area (Å²) in [6, 6.07) is 9.06. The molecule has 3 heteroatoms. The van der Waals surface area contributed by atoms with Gasteiger partial charge in [-0.1, -0.05) is 12.1 Å². The van der Waals surface area contributed by atoms with Crippen LogP contribution in [0.2, 0.25) is 0 Å². The molecule has 1 N–H and O–H groups in total. The molecule has 1 aliphatic rings. The summed E-state index contributed by atoms with van der Waals surface area (Å²) < 4.78 is 5.74. The lowest BCUT2D eigenvalue weighted by Crippen LogP contribution is -2.49. The summed E-state index contributed by atoms with van der Waals surface area (Å²) in [5.41, 5.74) is 1.34. The Morgan fingerprint density at radius 3 is 3.00 bits per heavy atom. The van der Waals surface area contributed by atoms with Crippen molar-refractivity contribution in [2.24, 2.45) is 0 Å². The van der Waals surface area contributed by atoms with Crippen molar-refractivity contribution in [2.45, 2.75) is 39.5 Å². The second kappa shape index (κ2) is 6.21. The predicted molar refractivity (Wildman–Crippen MR) is 74.9 cm³/mol. The fraction of sp³-hybridized carbons (Fsp3) is 0.600. The molecule has 100 valence electrons. The van der Waals surface area contributed by atoms with Gasteiger partial charge < -0.3 is 10.1 Å². The molecule has 1 saturated heterocycles. The van der Waals surface area contributed by atoms with E-state index in [9.17, 15) is 0 Å². The minimum absolute atomic E-state index is 0.235. The minimum Gasteiger partial charge on any atom is -0.491 e. The molecule has 0 amide bonds. The molecule has 0 aromatic heterocycles. The van der Waals surface area contributed by atoms with Gasteiger partial charge in [0.05, 0.1) is 6.10 Å². The first-order valence-corrected chi connectivity index (χ1v) is 6.85. The van der Waals surface area contributed by atoms with Crippen molar-refractivity contribution in [3.8, 4) is 5.75 Å². The molecule has 0 aliphatic carbocycles. The van der Waals surface area contributed by atoms with Gasteiger partial charge in [-0.3, -0.25) is 4.90 Å². The topological polar surface area (TPSA) is 24.5 Å². The van der Waals surface area contributed by atoms with Crippen LogP contribution >= 0.6 is 0 Å². The Balaban J connectivity index is 1.99. The lowest BCUT2D eigenvalue weighted by atomic mass is 10.1. The van der Waals surface area contributed by atoms with Crippen LogP contribution in [0.5, 0.6) is 5.75 Å². The van der Waals surface area contributed by atoms with Gasteiger partial charge in [0.25, 0.3) is 0 Å². The Kier molecular flexibility index (Phi) is 4.61. The van der Waals surface area contributed by atoms with Crippen LogP contribution in [0.4, 0.5) is 0 Å². The number of nitrogens with one attached hydrogen (secondary N) is 1. The molecule has 0 spiro atoms. The van der Waals surface area contributed by atoms with Gasteiger partial charge in [-0.25, -0.2) is 0 Å². The van der Waals surface area contributed by atoms with Gasteiger partial charge >= 0.3 is 0 Å². The maximum atomic E-state index is 5.74. The fourth-order valence-electron chi connectivity index (χ4n) is 2.34. The van der Waals surface area contributed by atoms with Crippen LogP contribution in [0.1, 0.15) is 26.3 Å². The van der Waals surface area contributed by atoms with E-state index in [0.717, 1.165) is 31.9 Å². The van der Waals surface area contributed by atoms with Crippen molar-refractivity contribution in [3.05, 3.63) is 29.8 Å². The second-order valence-electron chi connectivity index (χ2n) is 5.34. The van der Waals surface area contributed by atoms with Crippen molar-refractivity contribution in [3.63, 3.8) is 0 Å². The summed E-state index contributed by atoms with van der Waals surface area (Å²) in [5, 5.41) is 3.42. The van der Waals surface area contributed by atoms with Crippen LogP contribution in [0.25, 0.3) is 0 Å². The molecular weight excluding hydrogens is 224 g/mol. The van der Waals surface area contributed by atoms with Crippen LogP contribution < -0.4 is 10.1 Å². The highest BCUT2D eigenvalue weighted by atomic mass is 16.5. The quantitative estimate of drug-likeness (QED) is 0.884. The second-order valence-corrected chi connectivity index (χ2v) is 5.34. The van der Waals surface area contributed by atoms with E-state index in [-0.39, 0.29) is 6.10 Å². The molecule has 3 nitrogen and oxygen atoms in total.